The fourth-order valence-electron chi connectivity index (χ4n) is 3.68. The van der Waals surface area contributed by atoms with Gasteiger partial charge in [0.2, 0.25) is 10.0 Å². The number of nitrogens with one attached hydrogen (secondary N) is 1. The summed E-state index contributed by atoms with van der Waals surface area (Å²) in [6, 6.07) is 23.9. The fraction of sp³-hybridized carbons (Fsp3) is 0.179. The second kappa shape index (κ2) is 12.5. The molecular formula is C28H23Cl3N2O3S2. The number of rotatable bonds is 8. The number of aryl methyl sites for hydroxylation is 1. The molecule has 196 valence electrons. The molecule has 2 amide bonds. The molecule has 1 heterocycles. The number of thioether (sulfide) groups is 1. The molecule has 1 unspecified atom stereocenters. The molecule has 1 aliphatic heterocycles. The average Bonchev–Trinajstić information content (AvgIpc) is 3.15. The van der Waals surface area contributed by atoms with Gasteiger partial charge in [0.1, 0.15) is 10.1 Å². The first-order valence-corrected chi connectivity index (χ1v) is 14.0. The maximum Gasteiger partial charge on any atom is 0.266 e. The van der Waals surface area contributed by atoms with Gasteiger partial charge in [-0.15, -0.1) is 0 Å². The Balaban J connectivity index is 1.41. The van der Waals surface area contributed by atoms with Crippen LogP contribution in [0.5, 0.6) is 5.75 Å². The number of amides is 2. The zero-order chi connectivity index (χ0) is 27.3. The summed E-state index contributed by atoms with van der Waals surface area (Å²) in [7, 11) is 0. The van der Waals surface area contributed by atoms with Gasteiger partial charge in [-0.3, -0.25) is 14.5 Å². The van der Waals surface area contributed by atoms with E-state index in [9.17, 15) is 9.59 Å². The van der Waals surface area contributed by atoms with E-state index >= 15 is 0 Å². The van der Waals surface area contributed by atoms with Crippen LogP contribution in [0.25, 0.3) is 6.08 Å². The zero-order valence-corrected chi connectivity index (χ0v) is 24.1. The molecule has 1 fully saturated rings. The lowest BCUT2D eigenvalue weighted by Gasteiger charge is -2.26. The van der Waals surface area contributed by atoms with Gasteiger partial charge < -0.3 is 10.1 Å². The molecule has 10 heteroatoms. The summed E-state index contributed by atoms with van der Waals surface area (Å²) in [5.74, 6) is -0.180. The molecule has 1 N–H and O–H groups in total. The summed E-state index contributed by atoms with van der Waals surface area (Å²) in [4.78, 5) is 27.8. The van der Waals surface area contributed by atoms with Crippen LogP contribution in [-0.2, 0) is 11.2 Å². The lowest BCUT2D eigenvalue weighted by atomic mass is 10.1. The first kappa shape index (κ1) is 28.5. The van der Waals surface area contributed by atoms with E-state index in [0.29, 0.717) is 27.1 Å². The molecule has 0 saturated carbocycles. The van der Waals surface area contributed by atoms with Crippen molar-refractivity contribution in [1.82, 2.24) is 10.2 Å². The van der Waals surface area contributed by atoms with Crippen LogP contribution in [0.15, 0.2) is 83.8 Å². The summed E-state index contributed by atoms with van der Waals surface area (Å²) >= 11 is 25.0. The van der Waals surface area contributed by atoms with Crippen molar-refractivity contribution < 1.29 is 14.3 Å². The molecule has 3 aromatic carbocycles. The Morgan fingerprint density at radius 2 is 1.79 bits per heavy atom. The summed E-state index contributed by atoms with van der Waals surface area (Å²) in [5, 5.41) is 2.62. The predicted molar refractivity (Wildman–Crippen MR) is 160 cm³/mol. The highest BCUT2D eigenvalue weighted by Crippen LogP contribution is 2.34. The van der Waals surface area contributed by atoms with Gasteiger partial charge in [-0.1, -0.05) is 119 Å². The van der Waals surface area contributed by atoms with E-state index in [-0.39, 0.29) is 5.91 Å². The Morgan fingerprint density at radius 3 is 2.45 bits per heavy atom. The number of benzene rings is 3. The van der Waals surface area contributed by atoms with Crippen LogP contribution in [0.2, 0.25) is 0 Å². The number of ether oxygens (including phenoxy) is 1. The number of halogens is 3. The summed E-state index contributed by atoms with van der Waals surface area (Å²) in [5.41, 5.74) is 3.26. The van der Waals surface area contributed by atoms with Gasteiger partial charge >= 0.3 is 0 Å². The van der Waals surface area contributed by atoms with Crippen molar-refractivity contribution in [2.45, 2.75) is 23.4 Å². The molecule has 0 radical (unpaired) electrons. The molecule has 0 aromatic heterocycles. The highest BCUT2D eigenvalue weighted by atomic mass is 35.6. The van der Waals surface area contributed by atoms with E-state index in [4.69, 9.17) is 51.8 Å². The van der Waals surface area contributed by atoms with Crippen LogP contribution in [-0.4, -0.2) is 37.6 Å². The van der Waals surface area contributed by atoms with Crippen molar-refractivity contribution in [1.29, 1.82) is 0 Å². The minimum absolute atomic E-state index is 0.119. The summed E-state index contributed by atoms with van der Waals surface area (Å²) in [6.45, 7) is 2.40. The maximum atomic E-state index is 12.9. The smallest absolute Gasteiger partial charge is 0.266 e. The number of carbonyl (C=O) groups is 2. The van der Waals surface area contributed by atoms with Crippen LogP contribution in [0.3, 0.4) is 0 Å². The molecule has 5 nitrogen and oxygen atoms in total. The van der Waals surface area contributed by atoms with Gasteiger partial charge in [0.15, 0.2) is 0 Å². The van der Waals surface area contributed by atoms with Crippen LogP contribution in [0, 0.1) is 6.92 Å². The van der Waals surface area contributed by atoms with Crippen molar-refractivity contribution in [2.24, 2.45) is 0 Å². The van der Waals surface area contributed by atoms with Crippen molar-refractivity contribution >= 4 is 81.0 Å². The molecule has 1 saturated heterocycles. The van der Waals surface area contributed by atoms with Gasteiger partial charge in [0, 0.05) is 12.1 Å². The van der Waals surface area contributed by atoms with Gasteiger partial charge in [0.05, 0.1) is 4.91 Å². The van der Waals surface area contributed by atoms with E-state index in [1.165, 1.54) is 11.8 Å². The van der Waals surface area contributed by atoms with Crippen molar-refractivity contribution in [3.8, 4) is 5.75 Å². The topological polar surface area (TPSA) is 58.6 Å². The van der Waals surface area contributed by atoms with Crippen LogP contribution in [0.1, 0.15) is 27.0 Å². The Hall–Kier alpha value is -2.55. The molecule has 0 spiro atoms. The normalized spacial score (nSPS) is 15.6. The first-order chi connectivity index (χ1) is 18.1. The Morgan fingerprint density at radius 1 is 1.08 bits per heavy atom. The first-order valence-electron chi connectivity index (χ1n) is 11.6. The van der Waals surface area contributed by atoms with E-state index < -0.39 is 15.9 Å². The Bertz CT molecular complexity index is 1360. The van der Waals surface area contributed by atoms with Gasteiger partial charge in [-0.2, -0.15) is 0 Å². The molecular weight excluding hydrogens is 583 g/mol. The number of nitrogens with zero attached hydrogens (tertiary/aromatic N) is 1. The van der Waals surface area contributed by atoms with Gasteiger partial charge in [-0.05, 0) is 54.8 Å². The molecule has 38 heavy (non-hydrogen) atoms. The second-order valence-corrected chi connectivity index (χ2v) is 12.6. The summed E-state index contributed by atoms with van der Waals surface area (Å²) < 4.78 is 4.42. The van der Waals surface area contributed by atoms with E-state index in [0.717, 1.165) is 23.1 Å². The van der Waals surface area contributed by atoms with Crippen molar-refractivity contribution in [3.63, 3.8) is 0 Å². The molecule has 3 aromatic rings. The molecule has 1 atom stereocenters. The minimum atomic E-state index is -1.92. The van der Waals surface area contributed by atoms with Gasteiger partial charge in [-0.25, -0.2) is 0 Å². The average molecular weight is 606 g/mol. The Labute approximate surface area is 246 Å². The largest absolute Gasteiger partial charge is 0.466 e. The number of thiocarbonyl (C=S) groups is 1. The monoisotopic (exact) mass is 604 g/mol. The van der Waals surface area contributed by atoms with E-state index in [1.807, 2.05) is 43.3 Å². The number of alkyl halides is 3. The van der Waals surface area contributed by atoms with Crippen molar-refractivity contribution in [2.75, 3.05) is 6.54 Å². The predicted octanol–water partition coefficient (Wildman–Crippen LogP) is 6.94. The zero-order valence-electron chi connectivity index (χ0n) is 20.2. The number of carbonyl (C=O) groups excluding carboxylic acids is 2. The highest BCUT2D eigenvalue weighted by Gasteiger charge is 2.36. The lowest BCUT2D eigenvalue weighted by molar-refractivity contribution is -0.122. The van der Waals surface area contributed by atoms with E-state index in [1.54, 1.807) is 53.4 Å². The lowest BCUT2D eigenvalue weighted by Crippen LogP contribution is -2.47. The number of hydrogen-bond acceptors (Lipinski definition) is 5. The molecule has 0 bridgehead atoms. The second-order valence-electron chi connectivity index (χ2n) is 8.52. The maximum absolute atomic E-state index is 12.9. The fourth-order valence-corrected chi connectivity index (χ4v) is 5.28. The highest BCUT2D eigenvalue weighted by molar-refractivity contribution is 8.26. The van der Waals surface area contributed by atoms with Gasteiger partial charge in [0.25, 0.3) is 11.8 Å². The molecule has 4 rings (SSSR count). The molecule has 1 aliphatic rings. The minimum Gasteiger partial charge on any atom is -0.466 e. The third kappa shape index (κ3) is 7.52. The summed E-state index contributed by atoms with van der Waals surface area (Å²) in [6.07, 6.45) is 1.25. The van der Waals surface area contributed by atoms with Crippen molar-refractivity contribution in [3.05, 3.63) is 106 Å². The van der Waals surface area contributed by atoms with Crippen LogP contribution < -0.4 is 10.1 Å². The third-order valence-electron chi connectivity index (χ3n) is 5.61. The Kier molecular flexibility index (Phi) is 9.39. The molecule has 0 aliphatic carbocycles. The number of hydrogen-bond donors (Lipinski definition) is 1. The SMILES string of the molecule is Cc1cccc(C(=O)NC(Oc2ccc(C=C3SC(=S)N(CCc4ccccc4)C3=O)cc2)C(Cl)(Cl)Cl)c1. The van der Waals surface area contributed by atoms with Crippen LogP contribution >= 0.6 is 58.8 Å². The standard InChI is InChI=1S/C28H23Cl3N2O3S2/c1-18-6-5-9-21(16-18)24(34)32-26(28(29,30)31)36-22-12-10-20(11-13-22)17-23-25(35)33(27(37)38-23)15-14-19-7-3-2-4-8-19/h2-13,16-17,26H,14-15H2,1H3,(H,32,34). The van der Waals surface area contributed by atoms with E-state index in [2.05, 4.69) is 5.32 Å². The third-order valence-corrected chi connectivity index (χ3v) is 7.58. The van der Waals surface area contributed by atoms with Crippen LogP contribution in [0.4, 0.5) is 0 Å². The quantitative estimate of drug-likeness (QED) is 0.130.